The van der Waals surface area contributed by atoms with Gasteiger partial charge in [-0.05, 0) is 0 Å². The van der Waals surface area contributed by atoms with Gasteiger partial charge >= 0.3 is 0 Å². The van der Waals surface area contributed by atoms with E-state index in [1.807, 2.05) is 6.92 Å². The summed E-state index contributed by atoms with van der Waals surface area (Å²) in [6.45, 7) is 7.26. The van der Waals surface area contributed by atoms with Crippen LogP contribution >= 0.6 is 12.4 Å². The summed E-state index contributed by atoms with van der Waals surface area (Å²) in [5, 5.41) is 0. The number of halogens is 2. The van der Waals surface area contributed by atoms with Crippen molar-refractivity contribution in [1.29, 1.82) is 0 Å². The predicted molar refractivity (Wildman–Crippen MR) is 26.1 cm³/mol. The van der Waals surface area contributed by atoms with Gasteiger partial charge in [0.2, 0.25) is 0 Å². The SMILES string of the molecule is C#[N+]CC.Cl.[Cl-]. The van der Waals surface area contributed by atoms with E-state index >= 15 is 0 Å². The van der Waals surface area contributed by atoms with Crippen molar-refractivity contribution in [3.63, 3.8) is 0 Å². The third-order valence-corrected chi connectivity index (χ3v) is 0.183. The van der Waals surface area contributed by atoms with Crippen molar-refractivity contribution in [2.45, 2.75) is 6.92 Å². The van der Waals surface area contributed by atoms with Gasteiger partial charge in [-0.15, -0.1) is 12.4 Å². The molecule has 38 valence electrons. The zero-order valence-corrected chi connectivity index (χ0v) is 5.09. The second kappa shape index (κ2) is 19.6. The van der Waals surface area contributed by atoms with Crippen molar-refractivity contribution in [3.8, 4) is 6.57 Å². The molecule has 0 spiro atoms. The fraction of sp³-hybridized carbons (Fsp3) is 0.667. The van der Waals surface area contributed by atoms with Crippen molar-refractivity contribution >= 4 is 12.4 Å². The second-order valence-corrected chi connectivity index (χ2v) is 0.499. The third kappa shape index (κ3) is 33.5. The maximum Gasteiger partial charge on any atom is 0.260 e. The van der Waals surface area contributed by atoms with Crippen LogP contribution in [0, 0.1) is 6.57 Å². The van der Waals surface area contributed by atoms with E-state index in [2.05, 4.69) is 11.4 Å². The highest BCUT2D eigenvalue weighted by Gasteiger charge is 1.59. The molecule has 0 bridgehead atoms. The molecular weight excluding hydrogens is 121 g/mol. The molecule has 0 radical (unpaired) electrons. The third-order valence-electron chi connectivity index (χ3n) is 0.183. The standard InChI is InChI=1S/C3H6N.2ClH/c1-3-4-2;;/h2H,3H2,1H3;2*1H/q+1;;/p-1. The van der Waals surface area contributed by atoms with Gasteiger partial charge in [0.05, 0.1) is 0 Å². The number of nitrogens with zero attached hydrogens (tertiary/aromatic N) is 1. The molecule has 0 aliphatic heterocycles. The fourth-order valence-electron chi connectivity index (χ4n) is 0. The number of hydrogen-bond acceptors (Lipinski definition) is 0. The Hall–Kier alpha value is 0.0700. The molecule has 6 heavy (non-hydrogen) atoms. The van der Waals surface area contributed by atoms with E-state index in [-0.39, 0.29) is 24.8 Å². The van der Waals surface area contributed by atoms with E-state index in [1.165, 1.54) is 0 Å². The minimum absolute atomic E-state index is 0. The van der Waals surface area contributed by atoms with Crippen LogP contribution in [0.25, 0.3) is 4.85 Å². The quantitative estimate of drug-likeness (QED) is 0.370. The molecule has 0 aromatic carbocycles. The van der Waals surface area contributed by atoms with Crippen LogP contribution in [0.4, 0.5) is 0 Å². The Labute approximate surface area is 50.4 Å². The van der Waals surface area contributed by atoms with Gasteiger partial charge in [0.25, 0.3) is 13.1 Å². The van der Waals surface area contributed by atoms with Crippen molar-refractivity contribution in [2.75, 3.05) is 6.54 Å². The molecular formula is C3H7Cl2N. The molecule has 0 aliphatic carbocycles. The summed E-state index contributed by atoms with van der Waals surface area (Å²) >= 11 is 0. The van der Waals surface area contributed by atoms with Gasteiger partial charge in [0, 0.05) is 6.92 Å². The number of hydrogen-bond donors (Lipinski definition) is 0. The lowest BCUT2D eigenvalue weighted by molar-refractivity contribution is -0.00000110. The van der Waals surface area contributed by atoms with Gasteiger partial charge in [0.1, 0.15) is 0 Å². The Bertz CT molecular complexity index is 38.5. The van der Waals surface area contributed by atoms with Gasteiger partial charge in [0.15, 0.2) is 0 Å². The monoisotopic (exact) mass is 127 g/mol. The van der Waals surface area contributed by atoms with Crippen LogP contribution in [0.5, 0.6) is 0 Å². The Morgan fingerprint density at radius 2 is 1.83 bits per heavy atom. The fourth-order valence-corrected chi connectivity index (χ4v) is 0. The predicted octanol–water partition coefficient (Wildman–Crippen LogP) is -1.61. The van der Waals surface area contributed by atoms with Crippen molar-refractivity contribution in [2.24, 2.45) is 0 Å². The lowest BCUT2D eigenvalue weighted by Gasteiger charge is -1.38. The van der Waals surface area contributed by atoms with E-state index in [1.54, 1.807) is 0 Å². The zero-order valence-electron chi connectivity index (χ0n) is 3.52. The summed E-state index contributed by atoms with van der Waals surface area (Å²) in [5.41, 5.74) is 0. The lowest BCUT2D eigenvalue weighted by atomic mass is 10.8. The molecule has 0 unspecified atom stereocenters. The summed E-state index contributed by atoms with van der Waals surface area (Å²) in [5.74, 6) is 0. The van der Waals surface area contributed by atoms with Crippen molar-refractivity contribution in [3.05, 3.63) is 4.85 Å². The van der Waals surface area contributed by atoms with E-state index < -0.39 is 0 Å². The van der Waals surface area contributed by atoms with Crippen LogP contribution in [-0.4, -0.2) is 6.54 Å². The van der Waals surface area contributed by atoms with Gasteiger partial charge in [-0.25, -0.2) is 0 Å². The van der Waals surface area contributed by atoms with Crippen LogP contribution in [0.15, 0.2) is 0 Å². The maximum absolute atomic E-state index is 4.65. The average molecular weight is 128 g/mol. The largest absolute Gasteiger partial charge is 1.00 e. The molecule has 0 saturated carbocycles. The van der Waals surface area contributed by atoms with E-state index in [4.69, 9.17) is 0 Å². The molecule has 0 heterocycles. The van der Waals surface area contributed by atoms with Crippen LogP contribution in [0.3, 0.4) is 0 Å². The Morgan fingerprint density at radius 1 is 1.67 bits per heavy atom. The molecule has 0 atom stereocenters. The molecule has 0 aromatic rings. The van der Waals surface area contributed by atoms with E-state index in [0.717, 1.165) is 6.54 Å². The molecule has 3 heteroatoms. The molecule has 0 saturated heterocycles. The molecule has 0 N–H and O–H groups in total. The molecule has 1 nitrogen and oxygen atoms in total. The van der Waals surface area contributed by atoms with Crippen LogP contribution in [0.2, 0.25) is 0 Å². The zero-order chi connectivity index (χ0) is 3.41. The summed E-state index contributed by atoms with van der Waals surface area (Å²) in [7, 11) is 0. The number of rotatable bonds is 0. The van der Waals surface area contributed by atoms with E-state index in [0.29, 0.717) is 0 Å². The first-order valence-electron chi connectivity index (χ1n) is 1.28. The minimum Gasteiger partial charge on any atom is -1.00 e. The second-order valence-electron chi connectivity index (χ2n) is 0.499. The van der Waals surface area contributed by atoms with Gasteiger partial charge < -0.3 is 12.4 Å². The highest BCUT2D eigenvalue weighted by Crippen LogP contribution is 1.52. The smallest absolute Gasteiger partial charge is 0.260 e. The van der Waals surface area contributed by atoms with Crippen LogP contribution in [-0.2, 0) is 0 Å². The lowest BCUT2D eigenvalue weighted by Crippen LogP contribution is -3.00. The van der Waals surface area contributed by atoms with Gasteiger partial charge in [-0.3, -0.25) is 0 Å². The summed E-state index contributed by atoms with van der Waals surface area (Å²) < 4.78 is 0. The van der Waals surface area contributed by atoms with Gasteiger partial charge in [-0.2, -0.15) is 0 Å². The summed E-state index contributed by atoms with van der Waals surface area (Å²) in [4.78, 5) is 3.24. The topological polar surface area (TPSA) is 4.36 Å². The summed E-state index contributed by atoms with van der Waals surface area (Å²) in [6.07, 6.45) is 0. The Kier molecular flexibility index (Phi) is 54.1. The molecule has 0 aromatic heterocycles. The van der Waals surface area contributed by atoms with Crippen LogP contribution in [0.1, 0.15) is 6.92 Å². The highest BCUT2D eigenvalue weighted by molar-refractivity contribution is 5.85. The van der Waals surface area contributed by atoms with Crippen molar-refractivity contribution in [1.82, 2.24) is 0 Å². The van der Waals surface area contributed by atoms with Crippen LogP contribution < -0.4 is 12.4 Å². The summed E-state index contributed by atoms with van der Waals surface area (Å²) in [6, 6.07) is 0. The Morgan fingerprint density at radius 3 is 1.83 bits per heavy atom. The molecule has 0 rings (SSSR count). The molecule has 0 amide bonds. The first-order chi connectivity index (χ1) is 1.91. The minimum atomic E-state index is 0. The van der Waals surface area contributed by atoms with Crippen molar-refractivity contribution < 1.29 is 12.4 Å². The van der Waals surface area contributed by atoms with E-state index in [9.17, 15) is 0 Å². The molecule has 0 aliphatic rings. The average Bonchev–Trinajstić information content (AvgIpc) is 1.37. The normalized spacial score (nSPS) is 3.33. The maximum atomic E-state index is 4.65. The first kappa shape index (κ1) is 16.6. The highest BCUT2D eigenvalue weighted by atomic mass is 35.5. The Balaban J connectivity index is -0.0000000450. The van der Waals surface area contributed by atoms with Gasteiger partial charge in [-0.1, -0.05) is 4.85 Å². The first-order valence-corrected chi connectivity index (χ1v) is 1.28. The molecule has 0 fully saturated rings.